The molecule has 0 unspecified atom stereocenters. The van der Waals surface area contributed by atoms with Gasteiger partial charge in [-0.15, -0.1) is 0 Å². The second kappa shape index (κ2) is 5.11. The number of rotatable bonds is 2. The minimum Gasteiger partial charge on any atom is -0.296 e. The summed E-state index contributed by atoms with van der Waals surface area (Å²) in [5.74, 6) is -1.32. The van der Waals surface area contributed by atoms with Crippen LogP contribution in [-0.2, 0) is 9.59 Å². The first-order valence-electron chi connectivity index (χ1n) is 6.54. The monoisotopic (exact) mass is 263 g/mol. The van der Waals surface area contributed by atoms with Gasteiger partial charge in [-0.1, -0.05) is 19.9 Å². The maximum Gasteiger partial charge on any atom is 0.234 e. The Labute approximate surface area is 112 Å². The van der Waals surface area contributed by atoms with E-state index in [2.05, 4.69) is 5.32 Å². The van der Waals surface area contributed by atoms with Gasteiger partial charge in [-0.2, -0.15) is 0 Å². The normalized spacial score (nSPS) is 19.7. The summed E-state index contributed by atoms with van der Waals surface area (Å²) in [6.07, 6.45) is 0.644. The van der Waals surface area contributed by atoms with Crippen LogP contribution in [-0.4, -0.2) is 11.8 Å². The molecule has 0 spiro atoms. The number of hydrogen-bond donors (Lipinski definition) is 1. The summed E-state index contributed by atoms with van der Waals surface area (Å²) >= 11 is 0. The van der Waals surface area contributed by atoms with Gasteiger partial charge in [0, 0.05) is 12.0 Å². The highest BCUT2D eigenvalue weighted by atomic mass is 19.1. The van der Waals surface area contributed by atoms with Gasteiger partial charge in [0.1, 0.15) is 5.82 Å². The molecule has 102 valence electrons. The second-order valence-electron chi connectivity index (χ2n) is 5.33. The van der Waals surface area contributed by atoms with Crippen molar-refractivity contribution in [2.75, 3.05) is 0 Å². The summed E-state index contributed by atoms with van der Waals surface area (Å²) in [6.45, 7) is 5.92. The van der Waals surface area contributed by atoms with Crippen molar-refractivity contribution in [3.05, 3.63) is 34.6 Å². The summed E-state index contributed by atoms with van der Waals surface area (Å²) in [5, 5.41) is 2.29. The van der Waals surface area contributed by atoms with E-state index in [1.54, 1.807) is 6.07 Å². The third kappa shape index (κ3) is 2.53. The quantitative estimate of drug-likeness (QED) is 0.834. The van der Waals surface area contributed by atoms with Gasteiger partial charge in [-0.05, 0) is 36.5 Å². The van der Waals surface area contributed by atoms with E-state index in [1.807, 2.05) is 20.8 Å². The lowest BCUT2D eigenvalue weighted by molar-refractivity contribution is -0.134. The molecule has 0 bridgehead atoms. The fourth-order valence-corrected chi connectivity index (χ4v) is 2.73. The van der Waals surface area contributed by atoms with E-state index in [1.165, 1.54) is 6.07 Å². The number of halogens is 1. The number of benzene rings is 1. The van der Waals surface area contributed by atoms with E-state index in [0.717, 1.165) is 11.1 Å². The lowest BCUT2D eigenvalue weighted by atomic mass is 9.84. The number of carbonyl (C=O) groups excluding carboxylic acids is 2. The predicted molar refractivity (Wildman–Crippen MR) is 70.4 cm³/mol. The Hall–Kier alpha value is -1.71. The number of amides is 2. The molecule has 0 radical (unpaired) electrons. The Kier molecular flexibility index (Phi) is 3.69. The van der Waals surface area contributed by atoms with E-state index in [-0.39, 0.29) is 30.0 Å². The number of hydrogen-bond acceptors (Lipinski definition) is 2. The molecule has 2 rings (SSSR count). The average Bonchev–Trinajstić information content (AvgIpc) is 2.31. The third-order valence-electron chi connectivity index (χ3n) is 3.71. The first kappa shape index (κ1) is 13.7. The molecule has 4 heteroatoms. The molecule has 1 aliphatic rings. The average molecular weight is 263 g/mol. The summed E-state index contributed by atoms with van der Waals surface area (Å²) < 4.78 is 14.1. The van der Waals surface area contributed by atoms with Gasteiger partial charge in [0.15, 0.2) is 0 Å². The topological polar surface area (TPSA) is 46.2 Å². The Morgan fingerprint density at radius 1 is 1.32 bits per heavy atom. The zero-order valence-corrected chi connectivity index (χ0v) is 11.4. The molecule has 1 aromatic rings. The fourth-order valence-electron chi connectivity index (χ4n) is 2.73. The molecule has 1 atom stereocenters. The first-order chi connectivity index (χ1) is 8.91. The Balaban J connectivity index is 2.47. The second-order valence-corrected chi connectivity index (χ2v) is 5.33. The van der Waals surface area contributed by atoms with Crippen molar-refractivity contribution in [3.8, 4) is 0 Å². The van der Waals surface area contributed by atoms with E-state index >= 15 is 0 Å². The summed E-state index contributed by atoms with van der Waals surface area (Å²) in [7, 11) is 0. The van der Waals surface area contributed by atoms with Crippen molar-refractivity contribution in [1.82, 2.24) is 5.32 Å². The predicted octanol–water partition coefficient (Wildman–Crippen LogP) is 2.78. The van der Waals surface area contributed by atoms with E-state index in [4.69, 9.17) is 0 Å². The molecule has 1 saturated heterocycles. The molecule has 2 amide bonds. The maximum absolute atomic E-state index is 14.1. The van der Waals surface area contributed by atoms with E-state index in [0.29, 0.717) is 12.0 Å². The van der Waals surface area contributed by atoms with Gasteiger partial charge in [-0.3, -0.25) is 14.9 Å². The van der Waals surface area contributed by atoms with Crippen molar-refractivity contribution in [2.24, 2.45) is 0 Å². The van der Waals surface area contributed by atoms with Crippen LogP contribution in [0.2, 0.25) is 0 Å². The van der Waals surface area contributed by atoms with Gasteiger partial charge >= 0.3 is 0 Å². The summed E-state index contributed by atoms with van der Waals surface area (Å²) in [4.78, 5) is 23.1. The number of nitrogens with one attached hydrogen (secondary N) is 1. The van der Waals surface area contributed by atoms with Crippen LogP contribution in [0.25, 0.3) is 0 Å². The highest BCUT2D eigenvalue weighted by Gasteiger charge is 2.31. The SMILES string of the molecule is Cc1c(C(C)C)ccc(F)c1[C@H]1CCC(=O)NC1=O. The Bertz CT molecular complexity index is 537. The van der Waals surface area contributed by atoms with E-state index < -0.39 is 5.92 Å². The standard InChI is InChI=1S/C15H18FNO2/c1-8(2)10-4-6-12(16)14(9(10)3)11-5-7-13(18)17-15(11)19/h4,6,8,11H,5,7H2,1-3H3,(H,17,18,19)/t11-/m1/s1. The van der Waals surface area contributed by atoms with Crippen LogP contribution in [0.4, 0.5) is 4.39 Å². The zero-order valence-electron chi connectivity index (χ0n) is 11.4. The number of imide groups is 1. The number of carbonyl (C=O) groups is 2. The van der Waals surface area contributed by atoms with Crippen molar-refractivity contribution in [1.29, 1.82) is 0 Å². The van der Waals surface area contributed by atoms with Crippen molar-refractivity contribution in [2.45, 2.75) is 45.4 Å². The van der Waals surface area contributed by atoms with Crippen LogP contribution in [0.15, 0.2) is 12.1 Å². The number of piperidine rings is 1. The van der Waals surface area contributed by atoms with Crippen LogP contribution in [0, 0.1) is 12.7 Å². The Morgan fingerprint density at radius 3 is 2.58 bits per heavy atom. The van der Waals surface area contributed by atoms with Gasteiger partial charge in [0.25, 0.3) is 0 Å². The van der Waals surface area contributed by atoms with Crippen LogP contribution in [0.1, 0.15) is 55.2 Å². The fraction of sp³-hybridized carbons (Fsp3) is 0.467. The Morgan fingerprint density at radius 2 is 2.00 bits per heavy atom. The van der Waals surface area contributed by atoms with Crippen LogP contribution in [0.3, 0.4) is 0 Å². The molecule has 0 aromatic heterocycles. The summed E-state index contributed by atoms with van der Waals surface area (Å²) in [5.41, 5.74) is 2.31. The molecule has 1 fully saturated rings. The zero-order chi connectivity index (χ0) is 14.2. The minimum absolute atomic E-state index is 0.265. The molecule has 0 saturated carbocycles. The van der Waals surface area contributed by atoms with Crippen molar-refractivity contribution < 1.29 is 14.0 Å². The van der Waals surface area contributed by atoms with Crippen molar-refractivity contribution in [3.63, 3.8) is 0 Å². The first-order valence-corrected chi connectivity index (χ1v) is 6.54. The van der Waals surface area contributed by atoms with Gasteiger partial charge in [0.05, 0.1) is 5.92 Å². The smallest absolute Gasteiger partial charge is 0.234 e. The van der Waals surface area contributed by atoms with Crippen molar-refractivity contribution >= 4 is 11.8 Å². The lowest BCUT2D eigenvalue weighted by Crippen LogP contribution is -2.40. The lowest BCUT2D eigenvalue weighted by Gasteiger charge is -2.25. The molecule has 19 heavy (non-hydrogen) atoms. The molecular weight excluding hydrogens is 245 g/mol. The highest BCUT2D eigenvalue weighted by molar-refractivity contribution is 6.01. The molecule has 1 heterocycles. The minimum atomic E-state index is -0.559. The summed E-state index contributed by atoms with van der Waals surface area (Å²) in [6, 6.07) is 3.19. The maximum atomic E-state index is 14.1. The highest BCUT2D eigenvalue weighted by Crippen LogP contribution is 2.33. The van der Waals surface area contributed by atoms with E-state index in [9.17, 15) is 14.0 Å². The molecule has 1 aromatic carbocycles. The molecule has 3 nitrogen and oxygen atoms in total. The largest absolute Gasteiger partial charge is 0.296 e. The molecule has 0 aliphatic carbocycles. The van der Waals surface area contributed by atoms with Gasteiger partial charge in [-0.25, -0.2) is 4.39 Å². The van der Waals surface area contributed by atoms with Gasteiger partial charge in [0.2, 0.25) is 11.8 Å². The molecular formula is C15H18FNO2. The molecule has 1 aliphatic heterocycles. The van der Waals surface area contributed by atoms with Gasteiger partial charge < -0.3 is 0 Å². The third-order valence-corrected chi connectivity index (χ3v) is 3.71. The van der Waals surface area contributed by atoms with Crippen LogP contribution >= 0.6 is 0 Å². The molecule has 1 N–H and O–H groups in total. The van der Waals surface area contributed by atoms with Crippen LogP contribution in [0.5, 0.6) is 0 Å². The van der Waals surface area contributed by atoms with Crippen LogP contribution < -0.4 is 5.32 Å².